The number of benzene rings is 6. The van der Waals surface area contributed by atoms with Crippen LogP contribution in [0.25, 0.3) is 44.8 Å². The van der Waals surface area contributed by atoms with Gasteiger partial charge in [-0.3, -0.25) is 9.59 Å². The standard InChI is InChI=1S/2C33H35FN2O5.CH4O.Ca.3H2O/c2*1-21(2)31-30(33(41)35-25-11-7-4-8-12-25)29(22-9-5-3-6-10-22)32(23-13-15-24(34)16-14-23)36(31)18-17-26(37)19-27(38)20-28(39)40;1-2;;;;/h2*3-16,21,26-27,37-38H,17-20H2,1-2H3,(H,35,41)(H,39,40);2H,1H3;;3*1H2/q;;;+2;;;/p-2. The molecule has 4 atom stereocenters. The number of aromatic nitrogens is 2. The van der Waals surface area contributed by atoms with Crippen molar-refractivity contribution in [1.29, 1.82) is 0 Å². The van der Waals surface area contributed by atoms with E-state index in [0.29, 0.717) is 56.1 Å². The topological polar surface area (TPSA) is 344 Å². The Bertz CT molecular complexity index is 3180. The van der Waals surface area contributed by atoms with Gasteiger partial charge in [0.1, 0.15) is 11.6 Å². The molecule has 6 aromatic carbocycles. The quantitative estimate of drug-likeness (QED) is 0.0312. The maximum absolute atomic E-state index is 14.0. The van der Waals surface area contributed by atoms with Crippen molar-refractivity contribution in [2.75, 3.05) is 17.7 Å². The van der Waals surface area contributed by atoms with Crippen molar-refractivity contribution in [3.8, 4) is 44.8 Å². The third-order valence-corrected chi connectivity index (χ3v) is 13.8. The van der Waals surface area contributed by atoms with Gasteiger partial charge >= 0.3 is 37.7 Å². The molecule has 0 aliphatic carbocycles. The Morgan fingerprint density at radius 1 is 0.443 bits per heavy atom. The van der Waals surface area contributed by atoms with E-state index in [1.807, 2.05) is 134 Å². The Morgan fingerprint density at radius 2 is 0.727 bits per heavy atom. The Balaban J connectivity index is 0.000000559. The smallest absolute Gasteiger partial charge is 0.550 e. The van der Waals surface area contributed by atoms with Gasteiger partial charge in [-0.2, -0.15) is 0 Å². The Kier molecular flexibility index (Phi) is 32.6. The van der Waals surface area contributed by atoms with Gasteiger partial charge in [0, 0.05) is 78.9 Å². The van der Waals surface area contributed by atoms with Crippen LogP contribution in [0.4, 0.5) is 20.2 Å². The van der Waals surface area contributed by atoms with E-state index in [1.165, 1.54) is 24.3 Å². The molecule has 0 bridgehead atoms. The van der Waals surface area contributed by atoms with E-state index in [-0.39, 0.29) is 117 Å². The normalized spacial score (nSPS) is 11.9. The van der Waals surface area contributed by atoms with Crippen LogP contribution in [0.5, 0.6) is 0 Å². The molecule has 0 fully saturated rings. The number of carbonyl (C=O) groups excluding carboxylic acids is 4. The molecule has 466 valence electrons. The Morgan fingerprint density at radius 3 is 1.00 bits per heavy atom. The van der Waals surface area contributed by atoms with Crippen LogP contribution in [0.2, 0.25) is 0 Å². The van der Waals surface area contributed by atoms with Crippen molar-refractivity contribution >= 4 is 72.9 Å². The van der Waals surface area contributed by atoms with E-state index in [0.717, 1.165) is 29.6 Å². The van der Waals surface area contributed by atoms with E-state index in [1.54, 1.807) is 48.5 Å². The first-order valence-electron chi connectivity index (χ1n) is 27.8. The molecule has 0 saturated heterocycles. The number of carboxylic acids is 2. The molecule has 18 nitrogen and oxygen atoms in total. The van der Waals surface area contributed by atoms with Gasteiger partial charge in [0.15, 0.2) is 0 Å². The summed E-state index contributed by atoms with van der Waals surface area (Å²) in [4.78, 5) is 49.8. The number of carbonyl (C=O) groups is 4. The largest absolute Gasteiger partial charge is 2.00 e. The monoisotopic (exact) mass is 1240 g/mol. The van der Waals surface area contributed by atoms with Crippen molar-refractivity contribution in [2.24, 2.45) is 0 Å². The fourth-order valence-electron chi connectivity index (χ4n) is 10.4. The number of rotatable bonds is 24. The first-order chi connectivity index (χ1) is 40.3. The minimum absolute atomic E-state index is 0. The molecule has 0 saturated carbocycles. The second-order valence-corrected chi connectivity index (χ2v) is 20.8. The third-order valence-electron chi connectivity index (χ3n) is 13.8. The first kappa shape index (κ1) is 76.7. The number of hydrogen-bond donors (Lipinski definition) is 7. The summed E-state index contributed by atoms with van der Waals surface area (Å²) in [7, 11) is 1.00. The molecule has 2 aromatic heterocycles. The van der Waals surface area contributed by atoms with Crippen LogP contribution in [-0.4, -0.2) is 144 Å². The molecule has 0 radical (unpaired) electrons. The number of aliphatic hydroxyl groups excluding tert-OH is 5. The van der Waals surface area contributed by atoms with Gasteiger partial charge in [0.05, 0.1) is 46.9 Å². The van der Waals surface area contributed by atoms with Crippen molar-refractivity contribution in [3.63, 3.8) is 0 Å². The number of halogens is 2. The van der Waals surface area contributed by atoms with E-state index < -0.39 is 60.8 Å². The SMILES string of the molecule is CC(C)c1c(C(=O)Nc2ccccc2)c(-c2ccccc2)c(-c2ccc(F)cc2)n1CCC(O)CC(O)CC(=O)[O-].CC(C)c1c(C(=O)Nc2ccccc2)c(-c2ccccc2)c(-c2ccc(F)cc2)n1CCC(O)CC(O)CC(=O)[O-].CO.O.O.O.[Ca+2]. The maximum atomic E-state index is 14.0. The Labute approximate surface area is 540 Å². The molecule has 21 heteroatoms. The van der Waals surface area contributed by atoms with Crippen LogP contribution in [-0.2, 0) is 22.7 Å². The summed E-state index contributed by atoms with van der Waals surface area (Å²) in [6, 6.07) is 49.4. The van der Waals surface area contributed by atoms with Crippen molar-refractivity contribution in [2.45, 2.75) is 116 Å². The molecule has 0 aliphatic heterocycles. The minimum Gasteiger partial charge on any atom is -0.550 e. The maximum Gasteiger partial charge on any atom is 2.00 e. The number of carboxylic acid groups (broad SMARTS) is 2. The molecule has 13 N–H and O–H groups in total. The second-order valence-electron chi connectivity index (χ2n) is 20.8. The van der Waals surface area contributed by atoms with Crippen LogP contribution in [0, 0.1) is 11.6 Å². The van der Waals surface area contributed by atoms with Gasteiger partial charge in [-0.1, -0.05) is 125 Å². The Hall–Kier alpha value is -7.44. The van der Waals surface area contributed by atoms with Gasteiger partial charge in [-0.05, 0) is 133 Å². The predicted octanol–water partition coefficient (Wildman–Crippen LogP) is 6.71. The summed E-state index contributed by atoms with van der Waals surface area (Å²) in [5.74, 6) is -4.41. The average Bonchev–Trinajstić information content (AvgIpc) is 1.61. The van der Waals surface area contributed by atoms with Crippen LogP contribution in [0.1, 0.15) is 110 Å². The summed E-state index contributed by atoms with van der Waals surface area (Å²) in [5, 5.41) is 76.2. The minimum atomic E-state index is -1.39. The fourth-order valence-corrected chi connectivity index (χ4v) is 10.4. The van der Waals surface area contributed by atoms with Crippen LogP contribution in [0.15, 0.2) is 170 Å². The molecule has 2 heterocycles. The fraction of sp³-hybridized carbons (Fsp3) is 0.284. The van der Waals surface area contributed by atoms with E-state index >= 15 is 0 Å². The van der Waals surface area contributed by atoms with Gasteiger partial charge in [-0.15, -0.1) is 0 Å². The zero-order chi connectivity index (χ0) is 61.0. The molecule has 88 heavy (non-hydrogen) atoms. The molecular weight excluding hydrogens is 1160 g/mol. The number of aliphatic carboxylic acids is 2. The summed E-state index contributed by atoms with van der Waals surface area (Å²) in [6.07, 6.45) is -5.54. The van der Waals surface area contributed by atoms with E-state index in [2.05, 4.69) is 10.6 Å². The summed E-state index contributed by atoms with van der Waals surface area (Å²) >= 11 is 0. The molecule has 2 amide bonds. The van der Waals surface area contributed by atoms with Crippen LogP contribution < -0.4 is 20.8 Å². The third kappa shape index (κ3) is 20.8. The molecule has 0 spiro atoms. The van der Waals surface area contributed by atoms with E-state index in [4.69, 9.17) is 5.11 Å². The van der Waals surface area contributed by atoms with Crippen LogP contribution in [0.3, 0.4) is 0 Å². The summed E-state index contributed by atoms with van der Waals surface area (Å²) < 4.78 is 32.0. The summed E-state index contributed by atoms with van der Waals surface area (Å²) in [5.41, 5.74) is 9.43. The number of aliphatic hydroxyl groups is 5. The van der Waals surface area contributed by atoms with E-state index in [9.17, 15) is 58.6 Å². The number of anilines is 2. The number of hydrogen-bond acceptors (Lipinski definition) is 11. The number of amides is 2. The van der Waals surface area contributed by atoms with Crippen molar-refractivity contribution in [1.82, 2.24) is 9.13 Å². The van der Waals surface area contributed by atoms with Gasteiger partial charge in [-0.25, -0.2) is 8.78 Å². The van der Waals surface area contributed by atoms with Gasteiger partial charge < -0.3 is 81.5 Å². The second kappa shape index (κ2) is 37.4. The summed E-state index contributed by atoms with van der Waals surface area (Å²) in [6.45, 7) is 8.45. The number of nitrogens with zero attached hydrogens (tertiary/aromatic N) is 2. The molecule has 8 rings (SSSR count). The zero-order valence-electron chi connectivity index (χ0n) is 49.8. The van der Waals surface area contributed by atoms with Crippen molar-refractivity contribution in [3.05, 3.63) is 204 Å². The molecule has 4 unspecified atom stereocenters. The molecular formula is C67H78CaF2N4O14. The molecule has 0 aliphatic rings. The number of nitrogens with one attached hydrogen (secondary N) is 2. The van der Waals surface area contributed by atoms with Gasteiger partial charge in [0.25, 0.3) is 11.8 Å². The van der Waals surface area contributed by atoms with Gasteiger partial charge in [0.2, 0.25) is 0 Å². The average molecular weight is 1240 g/mol. The molecule has 8 aromatic rings. The van der Waals surface area contributed by atoms with Crippen molar-refractivity contribution < 1.29 is 80.1 Å². The predicted molar refractivity (Wildman–Crippen MR) is 334 cm³/mol. The number of para-hydroxylation sites is 2. The first-order valence-corrected chi connectivity index (χ1v) is 27.8. The van der Waals surface area contributed by atoms with Crippen LogP contribution >= 0.6 is 0 Å². The zero-order valence-corrected chi connectivity index (χ0v) is 52.0.